The van der Waals surface area contributed by atoms with Gasteiger partial charge in [-0.05, 0) is 68.1 Å². The molecule has 0 saturated carbocycles. The molecule has 11 aromatic rings. The maximum absolute atomic E-state index is 2.48. The lowest BCUT2D eigenvalue weighted by Crippen LogP contribution is -1.95. The predicted molar refractivity (Wildman–Crippen MR) is 217 cm³/mol. The first-order valence-electron chi connectivity index (χ1n) is 17.2. The van der Waals surface area contributed by atoms with Crippen molar-refractivity contribution in [2.24, 2.45) is 0 Å². The van der Waals surface area contributed by atoms with E-state index in [1.165, 1.54) is 102 Å². The Bertz CT molecular complexity index is 3070. The molecular weight excluding hydrogens is 623 g/mol. The summed E-state index contributed by atoms with van der Waals surface area (Å²) < 4.78 is 5.17. The smallest absolute Gasteiger partial charge is 0.0619 e. The summed E-state index contributed by atoms with van der Waals surface area (Å²) in [6.45, 7) is 0. The van der Waals surface area contributed by atoms with Gasteiger partial charge < -0.3 is 4.57 Å². The van der Waals surface area contributed by atoms with Gasteiger partial charge in [0.25, 0.3) is 0 Å². The lowest BCUT2D eigenvalue weighted by atomic mass is 9.86. The van der Waals surface area contributed by atoms with Crippen LogP contribution in [0.4, 0.5) is 0 Å². The van der Waals surface area contributed by atoms with E-state index < -0.39 is 0 Å². The van der Waals surface area contributed by atoms with Crippen LogP contribution >= 0.6 is 11.3 Å². The average molecular weight is 652 g/mol. The fourth-order valence-corrected chi connectivity index (χ4v) is 9.68. The van der Waals surface area contributed by atoms with Crippen LogP contribution < -0.4 is 0 Å². The van der Waals surface area contributed by atoms with E-state index in [0.717, 1.165) is 0 Å². The summed E-state index contributed by atoms with van der Waals surface area (Å²) in [6.07, 6.45) is 0. The van der Waals surface area contributed by atoms with E-state index in [2.05, 4.69) is 180 Å². The van der Waals surface area contributed by atoms with E-state index in [-0.39, 0.29) is 0 Å². The quantitative estimate of drug-likeness (QED) is 0.168. The van der Waals surface area contributed by atoms with Gasteiger partial charge in [0.2, 0.25) is 0 Å². The van der Waals surface area contributed by atoms with Crippen molar-refractivity contribution in [2.45, 2.75) is 0 Å². The van der Waals surface area contributed by atoms with Gasteiger partial charge in [0.1, 0.15) is 0 Å². The maximum Gasteiger partial charge on any atom is 0.0619 e. The van der Waals surface area contributed by atoms with Crippen LogP contribution in [0.1, 0.15) is 0 Å². The zero-order chi connectivity index (χ0) is 32.8. The van der Waals surface area contributed by atoms with Crippen LogP contribution in [0.3, 0.4) is 0 Å². The molecule has 0 aliphatic carbocycles. The van der Waals surface area contributed by atoms with E-state index in [9.17, 15) is 0 Å². The normalized spacial score (nSPS) is 12.0. The first-order chi connectivity index (χ1) is 24.8. The van der Waals surface area contributed by atoms with Gasteiger partial charge in [-0.25, -0.2) is 0 Å². The zero-order valence-electron chi connectivity index (χ0n) is 27.1. The second-order valence-electron chi connectivity index (χ2n) is 13.2. The van der Waals surface area contributed by atoms with Crippen molar-refractivity contribution < 1.29 is 0 Å². The third-order valence-corrected chi connectivity index (χ3v) is 11.8. The molecule has 0 spiro atoms. The number of fused-ring (bicyclic) bond motifs is 11. The summed E-state index contributed by atoms with van der Waals surface area (Å²) in [4.78, 5) is 0. The second kappa shape index (κ2) is 10.6. The molecule has 232 valence electrons. The van der Waals surface area contributed by atoms with E-state index in [0.29, 0.717) is 0 Å². The number of aromatic nitrogens is 1. The van der Waals surface area contributed by atoms with Gasteiger partial charge in [0, 0.05) is 47.4 Å². The molecule has 50 heavy (non-hydrogen) atoms. The lowest BCUT2D eigenvalue weighted by Gasteiger charge is -2.18. The molecule has 11 rings (SSSR count). The van der Waals surface area contributed by atoms with Crippen molar-refractivity contribution in [3.8, 4) is 27.9 Å². The highest BCUT2D eigenvalue weighted by molar-refractivity contribution is 7.26. The minimum absolute atomic E-state index is 1.17. The molecule has 0 fully saturated rings. The third kappa shape index (κ3) is 3.88. The highest BCUT2D eigenvalue weighted by atomic mass is 32.1. The Hall–Kier alpha value is -6.22. The summed E-state index contributed by atoms with van der Waals surface area (Å²) in [5.41, 5.74) is 8.69. The van der Waals surface area contributed by atoms with E-state index in [1.54, 1.807) is 0 Å². The first-order valence-corrected chi connectivity index (χ1v) is 18.0. The van der Waals surface area contributed by atoms with E-state index >= 15 is 0 Å². The minimum atomic E-state index is 1.17. The molecule has 9 aromatic carbocycles. The molecule has 0 N–H and O–H groups in total. The van der Waals surface area contributed by atoms with E-state index in [4.69, 9.17) is 0 Å². The summed E-state index contributed by atoms with van der Waals surface area (Å²) in [6, 6.07) is 64.8. The molecule has 2 heteroatoms. The number of hydrogen-bond donors (Lipinski definition) is 0. The predicted octanol–water partition coefficient (Wildman–Crippen LogP) is 13.9. The van der Waals surface area contributed by atoms with Crippen molar-refractivity contribution in [2.75, 3.05) is 0 Å². The van der Waals surface area contributed by atoms with Crippen molar-refractivity contribution in [1.82, 2.24) is 4.57 Å². The van der Waals surface area contributed by atoms with Crippen molar-refractivity contribution >= 4 is 85.6 Å². The Kier molecular flexibility index (Phi) is 5.89. The first kappa shape index (κ1) is 27.7. The van der Waals surface area contributed by atoms with E-state index in [1.807, 2.05) is 11.3 Å². The molecule has 2 aromatic heterocycles. The number of nitrogens with zero attached hydrogens (tertiary/aromatic N) is 1. The standard InChI is InChI=1S/C48H29NS/c1-2-12-30(13-3-1)45-35-16-4-6-18-37(35)46(38-19-7-5-17-36(38)45)31-22-24-32(25-23-31)49-43-20-10-8-14-33(43)39-26-29-42-40(47(39)49)27-28-41-34-15-9-11-21-44(34)50-48(41)42/h1-29H. The van der Waals surface area contributed by atoms with Gasteiger partial charge in [-0.1, -0.05) is 152 Å². The van der Waals surface area contributed by atoms with Gasteiger partial charge in [-0.2, -0.15) is 0 Å². The third-order valence-electron chi connectivity index (χ3n) is 10.6. The Morgan fingerprint density at radius 1 is 0.320 bits per heavy atom. The molecule has 2 heterocycles. The molecule has 0 bridgehead atoms. The molecule has 0 atom stereocenters. The number of rotatable bonds is 3. The molecule has 0 radical (unpaired) electrons. The number of benzene rings is 9. The molecule has 0 unspecified atom stereocenters. The highest BCUT2D eigenvalue weighted by Gasteiger charge is 2.19. The second-order valence-corrected chi connectivity index (χ2v) is 14.3. The van der Waals surface area contributed by atoms with Crippen LogP contribution in [-0.2, 0) is 0 Å². The van der Waals surface area contributed by atoms with Gasteiger partial charge in [-0.15, -0.1) is 11.3 Å². The SMILES string of the molecule is c1ccc(-c2c3ccccc3c(-c3ccc(-n4c5ccccc5c5ccc6c(ccc7c8ccccc8sc76)c54)cc3)c3ccccc23)cc1. The Morgan fingerprint density at radius 2 is 0.780 bits per heavy atom. The average Bonchev–Trinajstić information content (AvgIpc) is 3.74. The fraction of sp³-hybridized carbons (Fsp3) is 0. The lowest BCUT2D eigenvalue weighted by molar-refractivity contribution is 1.19. The Labute approximate surface area is 292 Å². The summed E-state index contributed by atoms with van der Waals surface area (Å²) in [5, 5.41) is 12.9. The topological polar surface area (TPSA) is 4.93 Å². The Morgan fingerprint density at radius 3 is 1.42 bits per heavy atom. The Balaban J connectivity index is 1.16. The number of para-hydroxylation sites is 1. The molecule has 0 aliphatic heterocycles. The molecular formula is C48H29NS. The zero-order valence-corrected chi connectivity index (χ0v) is 27.9. The number of hydrogen-bond acceptors (Lipinski definition) is 1. The fourth-order valence-electron chi connectivity index (χ4n) is 8.45. The minimum Gasteiger partial charge on any atom is -0.309 e. The maximum atomic E-state index is 2.48. The summed E-state index contributed by atoms with van der Waals surface area (Å²) in [7, 11) is 0. The van der Waals surface area contributed by atoms with Gasteiger partial charge in [0.15, 0.2) is 0 Å². The van der Waals surface area contributed by atoms with Gasteiger partial charge >= 0.3 is 0 Å². The molecule has 0 aliphatic rings. The van der Waals surface area contributed by atoms with Crippen molar-refractivity contribution in [1.29, 1.82) is 0 Å². The van der Waals surface area contributed by atoms with Crippen LogP contribution in [0.15, 0.2) is 176 Å². The summed E-state index contributed by atoms with van der Waals surface area (Å²) >= 11 is 1.90. The van der Waals surface area contributed by atoms with Crippen LogP contribution in [0, 0.1) is 0 Å². The van der Waals surface area contributed by atoms with Crippen LogP contribution in [0.25, 0.3) is 102 Å². The van der Waals surface area contributed by atoms with Crippen molar-refractivity contribution in [3.05, 3.63) is 176 Å². The van der Waals surface area contributed by atoms with Crippen molar-refractivity contribution in [3.63, 3.8) is 0 Å². The van der Waals surface area contributed by atoms with Crippen LogP contribution in [-0.4, -0.2) is 4.57 Å². The largest absolute Gasteiger partial charge is 0.309 e. The molecule has 0 amide bonds. The molecule has 1 nitrogen and oxygen atoms in total. The van der Waals surface area contributed by atoms with Crippen LogP contribution in [0.5, 0.6) is 0 Å². The monoisotopic (exact) mass is 651 g/mol. The highest BCUT2D eigenvalue weighted by Crippen LogP contribution is 2.45. The van der Waals surface area contributed by atoms with Gasteiger partial charge in [0.05, 0.1) is 11.0 Å². The molecule has 0 saturated heterocycles. The number of thiophene rings is 1. The summed E-state index contributed by atoms with van der Waals surface area (Å²) in [5.74, 6) is 0. The van der Waals surface area contributed by atoms with Crippen LogP contribution in [0.2, 0.25) is 0 Å². The van der Waals surface area contributed by atoms with Gasteiger partial charge in [-0.3, -0.25) is 0 Å².